The Bertz CT molecular complexity index is 546. The number of fused-ring (bicyclic) bond motifs is 1. The van der Waals surface area contributed by atoms with E-state index in [2.05, 4.69) is 32.3 Å². The first kappa shape index (κ1) is 14.6. The van der Waals surface area contributed by atoms with Crippen LogP contribution in [0.15, 0.2) is 30.9 Å². The molecule has 1 unspecified atom stereocenters. The molecule has 0 radical (unpaired) electrons. The normalized spacial score (nSPS) is 18.1. The van der Waals surface area contributed by atoms with Crippen molar-refractivity contribution in [1.82, 2.24) is 0 Å². The summed E-state index contributed by atoms with van der Waals surface area (Å²) in [6, 6.07) is 5.74. The molecule has 4 heteroatoms. The van der Waals surface area contributed by atoms with Gasteiger partial charge in [0.05, 0.1) is 5.69 Å². The Morgan fingerprint density at radius 2 is 2.10 bits per heavy atom. The maximum atomic E-state index is 11.8. The molecular formula is C16H22N2O2. The van der Waals surface area contributed by atoms with E-state index in [9.17, 15) is 9.90 Å². The third-order valence-electron chi connectivity index (χ3n) is 3.67. The first-order valence-corrected chi connectivity index (χ1v) is 6.75. The number of carbonyl (C=O) groups excluding carboxylic acids is 1. The topological polar surface area (TPSA) is 43.8 Å². The van der Waals surface area contributed by atoms with Gasteiger partial charge in [-0.15, -0.1) is 6.58 Å². The largest absolute Gasteiger partial charge is 0.378 e. The van der Waals surface area contributed by atoms with Crippen molar-refractivity contribution in [2.45, 2.75) is 32.4 Å². The highest BCUT2D eigenvalue weighted by Gasteiger charge is 2.34. The Balaban J connectivity index is 2.46. The Morgan fingerprint density at radius 1 is 1.45 bits per heavy atom. The summed E-state index contributed by atoms with van der Waals surface area (Å²) in [5.74, 6) is -0.275. The van der Waals surface area contributed by atoms with Crippen molar-refractivity contribution in [2.75, 3.05) is 23.4 Å². The van der Waals surface area contributed by atoms with Crippen molar-refractivity contribution < 1.29 is 9.90 Å². The molecule has 0 bridgehead atoms. The summed E-state index contributed by atoms with van der Waals surface area (Å²) in [5, 5.41) is 9.89. The molecule has 1 amide bonds. The van der Waals surface area contributed by atoms with Crippen molar-refractivity contribution in [3.63, 3.8) is 0 Å². The number of carbonyl (C=O) groups is 1. The predicted octanol–water partition coefficient (Wildman–Crippen LogP) is 2.49. The van der Waals surface area contributed by atoms with Crippen molar-refractivity contribution >= 4 is 17.3 Å². The first-order chi connectivity index (χ1) is 9.27. The third kappa shape index (κ3) is 2.31. The SMILES string of the molecule is C=CCN(c1ccc2c(c1)N(C)C(=O)C2O)C(C)(C)C. The van der Waals surface area contributed by atoms with E-state index in [0.29, 0.717) is 5.56 Å². The fourth-order valence-electron chi connectivity index (χ4n) is 2.55. The molecule has 1 N–H and O–H groups in total. The number of rotatable bonds is 3. The van der Waals surface area contributed by atoms with E-state index >= 15 is 0 Å². The van der Waals surface area contributed by atoms with Crippen LogP contribution in [-0.4, -0.2) is 30.1 Å². The van der Waals surface area contributed by atoms with Gasteiger partial charge in [0.1, 0.15) is 0 Å². The summed E-state index contributed by atoms with van der Waals surface area (Å²) >= 11 is 0. The molecule has 20 heavy (non-hydrogen) atoms. The zero-order valence-electron chi connectivity index (χ0n) is 12.6. The first-order valence-electron chi connectivity index (χ1n) is 6.75. The van der Waals surface area contributed by atoms with E-state index in [4.69, 9.17) is 0 Å². The molecule has 0 aliphatic carbocycles. The molecule has 4 nitrogen and oxygen atoms in total. The van der Waals surface area contributed by atoms with Crippen LogP contribution in [-0.2, 0) is 4.79 Å². The van der Waals surface area contributed by atoms with Crippen LogP contribution in [0, 0.1) is 0 Å². The average molecular weight is 274 g/mol. The third-order valence-corrected chi connectivity index (χ3v) is 3.67. The molecule has 1 aliphatic rings. The summed E-state index contributed by atoms with van der Waals surface area (Å²) in [7, 11) is 1.69. The monoisotopic (exact) mass is 274 g/mol. The number of aliphatic hydroxyl groups is 1. The van der Waals surface area contributed by atoms with Gasteiger partial charge in [-0.25, -0.2) is 0 Å². The summed E-state index contributed by atoms with van der Waals surface area (Å²) in [6.45, 7) is 10.9. The maximum Gasteiger partial charge on any atom is 0.260 e. The van der Waals surface area contributed by atoms with Crippen LogP contribution in [0.1, 0.15) is 32.4 Å². The van der Waals surface area contributed by atoms with Crippen molar-refractivity contribution in [1.29, 1.82) is 0 Å². The lowest BCUT2D eigenvalue weighted by Gasteiger charge is -2.37. The van der Waals surface area contributed by atoms with Gasteiger partial charge in [-0.2, -0.15) is 0 Å². The van der Waals surface area contributed by atoms with Crippen LogP contribution in [0.5, 0.6) is 0 Å². The van der Waals surface area contributed by atoms with Gasteiger partial charge in [-0.05, 0) is 32.9 Å². The standard InChI is InChI=1S/C16H22N2O2/c1-6-9-18(16(2,3)4)11-7-8-12-13(10-11)17(5)15(20)14(12)19/h6-8,10,14,19H,1,9H2,2-5H3. The van der Waals surface area contributed by atoms with Gasteiger partial charge in [0.2, 0.25) is 0 Å². The Morgan fingerprint density at radius 3 is 2.65 bits per heavy atom. The van der Waals surface area contributed by atoms with Gasteiger partial charge in [0, 0.05) is 30.4 Å². The lowest BCUT2D eigenvalue weighted by molar-refractivity contribution is -0.125. The summed E-state index contributed by atoms with van der Waals surface area (Å²) in [5.41, 5.74) is 2.42. The number of anilines is 2. The number of amides is 1. The van der Waals surface area contributed by atoms with Crippen molar-refractivity contribution in [2.24, 2.45) is 0 Å². The average Bonchev–Trinajstić information content (AvgIpc) is 2.59. The van der Waals surface area contributed by atoms with Gasteiger partial charge in [0.15, 0.2) is 6.10 Å². The second-order valence-corrected chi connectivity index (χ2v) is 6.11. The van der Waals surface area contributed by atoms with E-state index < -0.39 is 6.10 Å². The molecule has 1 heterocycles. The van der Waals surface area contributed by atoms with Crippen LogP contribution in [0.2, 0.25) is 0 Å². The smallest absolute Gasteiger partial charge is 0.260 e. The van der Waals surface area contributed by atoms with E-state index in [1.54, 1.807) is 7.05 Å². The van der Waals surface area contributed by atoms with Crippen molar-refractivity contribution in [3.8, 4) is 0 Å². The molecule has 1 aromatic carbocycles. The number of nitrogens with zero attached hydrogens (tertiary/aromatic N) is 2. The Kier molecular flexibility index (Phi) is 3.61. The van der Waals surface area contributed by atoms with Crippen LogP contribution in [0.4, 0.5) is 11.4 Å². The molecule has 108 valence electrons. The molecular weight excluding hydrogens is 252 g/mol. The molecule has 1 aromatic rings. The van der Waals surface area contributed by atoms with E-state index in [-0.39, 0.29) is 11.4 Å². The molecule has 0 spiro atoms. The minimum Gasteiger partial charge on any atom is -0.378 e. The van der Waals surface area contributed by atoms with Gasteiger partial charge in [-0.3, -0.25) is 4.79 Å². The lowest BCUT2D eigenvalue weighted by Crippen LogP contribution is -2.41. The zero-order valence-corrected chi connectivity index (χ0v) is 12.6. The number of benzene rings is 1. The van der Waals surface area contributed by atoms with Crippen LogP contribution >= 0.6 is 0 Å². The summed E-state index contributed by atoms with van der Waals surface area (Å²) in [6.07, 6.45) is 0.828. The predicted molar refractivity (Wildman–Crippen MR) is 82.1 cm³/mol. The molecule has 0 saturated heterocycles. The van der Waals surface area contributed by atoms with Gasteiger partial charge < -0.3 is 14.9 Å². The number of likely N-dealkylation sites (N-methyl/N-ethyl adjacent to an activating group) is 1. The van der Waals surface area contributed by atoms with E-state index in [1.807, 2.05) is 24.3 Å². The molecule has 1 atom stereocenters. The second kappa shape index (κ2) is 4.94. The minimum atomic E-state index is -1.04. The Hall–Kier alpha value is -1.81. The molecule has 0 aromatic heterocycles. The number of hydrogen-bond donors (Lipinski definition) is 1. The second-order valence-electron chi connectivity index (χ2n) is 6.11. The quantitative estimate of drug-likeness (QED) is 0.861. The van der Waals surface area contributed by atoms with Gasteiger partial charge in [-0.1, -0.05) is 12.1 Å². The zero-order chi connectivity index (χ0) is 15.1. The fraction of sp³-hybridized carbons (Fsp3) is 0.438. The molecule has 2 rings (SSSR count). The van der Waals surface area contributed by atoms with Crippen LogP contribution in [0.3, 0.4) is 0 Å². The number of hydrogen-bond acceptors (Lipinski definition) is 3. The van der Waals surface area contributed by atoms with Crippen molar-refractivity contribution in [3.05, 3.63) is 36.4 Å². The van der Waals surface area contributed by atoms with Gasteiger partial charge in [0.25, 0.3) is 5.91 Å². The highest BCUT2D eigenvalue weighted by atomic mass is 16.3. The minimum absolute atomic E-state index is 0.0533. The highest BCUT2D eigenvalue weighted by Crippen LogP contribution is 2.38. The van der Waals surface area contributed by atoms with E-state index in [1.165, 1.54) is 4.90 Å². The fourth-order valence-corrected chi connectivity index (χ4v) is 2.55. The number of aliphatic hydroxyl groups excluding tert-OH is 1. The molecule has 0 saturated carbocycles. The van der Waals surface area contributed by atoms with Crippen LogP contribution in [0.25, 0.3) is 0 Å². The van der Waals surface area contributed by atoms with Gasteiger partial charge >= 0.3 is 0 Å². The maximum absolute atomic E-state index is 11.8. The highest BCUT2D eigenvalue weighted by molar-refractivity contribution is 6.03. The molecule has 0 fully saturated rings. The van der Waals surface area contributed by atoms with E-state index in [0.717, 1.165) is 17.9 Å². The Labute approximate surface area is 120 Å². The van der Waals surface area contributed by atoms with Crippen LogP contribution < -0.4 is 9.80 Å². The lowest BCUT2D eigenvalue weighted by atomic mass is 10.0. The molecule has 1 aliphatic heterocycles. The summed E-state index contributed by atoms with van der Waals surface area (Å²) < 4.78 is 0. The summed E-state index contributed by atoms with van der Waals surface area (Å²) in [4.78, 5) is 15.5.